The maximum absolute atomic E-state index is 4.34. The highest BCUT2D eigenvalue weighted by Gasteiger charge is 2.17. The van der Waals surface area contributed by atoms with E-state index in [1.165, 1.54) is 31.5 Å². The molecule has 0 atom stereocenters. The maximum atomic E-state index is 4.34. The molecule has 0 aliphatic heterocycles. The second-order valence-electron chi connectivity index (χ2n) is 3.54. The van der Waals surface area contributed by atoms with Gasteiger partial charge in [0.25, 0.3) is 0 Å². The number of aryl methyl sites for hydroxylation is 1. The van der Waals surface area contributed by atoms with Gasteiger partial charge in [0.05, 0.1) is 0 Å². The van der Waals surface area contributed by atoms with Gasteiger partial charge in [0, 0.05) is 24.9 Å². The van der Waals surface area contributed by atoms with Gasteiger partial charge in [0.15, 0.2) is 0 Å². The van der Waals surface area contributed by atoms with Crippen molar-refractivity contribution in [2.24, 2.45) is 0 Å². The zero-order valence-corrected chi connectivity index (χ0v) is 7.66. The summed E-state index contributed by atoms with van der Waals surface area (Å²) in [6.07, 6.45) is 10.6. The minimum absolute atomic E-state index is 0.752. The van der Waals surface area contributed by atoms with E-state index in [0.29, 0.717) is 0 Å². The van der Waals surface area contributed by atoms with Crippen LogP contribution in [0.25, 0.3) is 0 Å². The summed E-state index contributed by atoms with van der Waals surface area (Å²) in [4.78, 5) is 4.34. The van der Waals surface area contributed by atoms with Gasteiger partial charge < -0.3 is 4.57 Å². The highest BCUT2D eigenvalue weighted by Crippen LogP contribution is 2.30. The zero-order chi connectivity index (χ0) is 8.39. The first-order valence-corrected chi connectivity index (χ1v) is 4.93. The summed E-state index contributed by atoms with van der Waals surface area (Å²) in [5.74, 6) is 1.25. The minimum atomic E-state index is 0.752. The Hall–Kier alpha value is -0.790. The molecule has 2 heteroatoms. The van der Waals surface area contributed by atoms with Gasteiger partial charge in [-0.25, -0.2) is 4.98 Å². The molecule has 0 aromatic carbocycles. The first-order valence-electron chi connectivity index (χ1n) is 4.93. The lowest BCUT2D eigenvalue weighted by Gasteiger charge is -2.13. The average molecular weight is 164 g/mol. The van der Waals surface area contributed by atoms with E-state index in [1.54, 1.807) is 0 Å². The Kier molecular flexibility index (Phi) is 2.15. The van der Waals surface area contributed by atoms with Gasteiger partial charge in [-0.2, -0.15) is 0 Å². The van der Waals surface area contributed by atoms with Crippen molar-refractivity contribution in [3.63, 3.8) is 0 Å². The third-order valence-electron chi connectivity index (χ3n) is 2.78. The fourth-order valence-corrected chi connectivity index (χ4v) is 2.13. The number of rotatable bonds is 2. The van der Waals surface area contributed by atoms with Gasteiger partial charge in [-0.1, -0.05) is 19.8 Å². The van der Waals surface area contributed by atoms with Crippen LogP contribution in [-0.2, 0) is 6.42 Å². The number of imidazole rings is 1. The molecule has 0 radical (unpaired) electrons. The van der Waals surface area contributed by atoms with Crippen LogP contribution in [0.2, 0.25) is 0 Å². The smallest absolute Gasteiger partial charge is 0.108 e. The Bertz CT molecular complexity index is 246. The van der Waals surface area contributed by atoms with E-state index in [1.807, 2.05) is 6.20 Å². The van der Waals surface area contributed by atoms with Gasteiger partial charge in [-0.15, -0.1) is 0 Å². The van der Waals surface area contributed by atoms with Crippen LogP contribution in [0, 0.1) is 0 Å². The molecule has 0 spiro atoms. The van der Waals surface area contributed by atoms with Crippen LogP contribution in [0.4, 0.5) is 0 Å². The van der Waals surface area contributed by atoms with Crippen molar-refractivity contribution in [1.29, 1.82) is 0 Å². The van der Waals surface area contributed by atoms with Gasteiger partial charge in [0.1, 0.15) is 5.82 Å². The molecule has 0 bridgehead atoms. The summed E-state index contributed by atoms with van der Waals surface area (Å²) in [6.45, 7) is 2.17. The topological polar surface area (TPSA) is 17.8 Å². The summed E-state index contributed by atoms with van der Waals surface area (Å²) < 4.78 is 2.37. The SMILES string of the molecule is CCc1nccn1C1CCCC1. The predicted molar refractivity (Wildman–Crippen MR) is 49.1 cm³/mol. The fourth-order valence-electron chi connectivity index (χ4n) is 2.13. The Morgan fingerprint density at radius 2 is 2.25 bits per heavy atom. The van der Waals surface area contributed by atoms with Crippen LogP contribution >= 0.6 is 0 Å². The third-order valence-corrected chi connectivity index (χ3v) is 2.78. The van der Waals surface area contributed by atoms with Crippen molar-refractivity contribution in [2.75, 3.05) is 0 Å². The van der Waals surface area contributed by atoms with Crippen molar-refractivity contribution in [3.8, 4) is 0 Å². The van der Waals surface area contributed by atoms with E-state index in [9.17, 15) is 0 Å². The highest BCUT2D eigenvalue weighted by atomic mass is 15.1. The van der Waals surface area contributed by atoms with E-state index in [4.69, 9.17) is 0 Å². The van der Waals surface area contributed by atoms with Crippen molar-refractivity contribution >= 4 is 0 Å². The molecule has 2 rings (SSSR count). The van der Waals surface area contributed by atoms with Gasteiger partial charge >= 0.3 is 0 Å². The van der Waals surface area contributed by atoms with E-state index >= 15 is 0 Å². The van der Waals surface area contributed by atoms with E-state index < -0.39 is 0 Å². The first-order chi connectivity index (χ1) is 5.92. The maximum Gasteiger partial charge on any atom is 0.108 e. The number of hydrogen-bond donors (Lipinski definition) is 0. The van der Waals surface area contributed by atoms with Crippen LogP contribution in [0.3, 0.4) is 0 Å². The van der Waals surface area contributed by atoms with Crippen LogP contribution < -0.4 is 0 Å². The molecule has 1 aromatic heterocycles. The summed E-state index contributed by atoms with van der Waals surface area (Å²) in [5.41, 5.74) is 0. The molecule has 2 nitrogen and oxygen atoms in total. The molecule has 1 heterocycles. The van der Waals surface area contributed by atoms with Crippen LogP contribution in [0.1, 0.15) is 44.5 Å². The van der Waals surface area contributed by atoms with E-state index in [-0.39, 0.29) is 0 Å². The van der Waals surface area contributed by atoms with Crippen molar-refractivity contribution < 1.29 is 0 Å². The predicted octanol–water partition coefficient (Wildman–Crippen LogP) is 2.56. The zero-order valence-electron chi connectivity index (χ0n) is 7.66. The lowest BCUT2D eigenvalue weighted by molar-refractivity contribution is 0.499. The van der Waals surface area contributed by atoms with Gasteiger partial charge in [-0.05, 0) is 12.8 Å². The second kappa shape index (κ2) is 3.30. The lowest BCUT2D eigenvalue weighted by Crippen LogP contribution is -2.07. The largest absolute Gasteiger partial charge is 0.332 e. The van der Waals surface area contributed by atoms with Crippen molar-refractivity contribution in [3.05, 3.63) is 18.2 Å². The average Bonchev–Trinajstić information content (AvgIpc) is 2.74. The van der Waals surface area contributed by atoms with E-state index in [2.05, 4.69) is 22.7 Å². The molecule has 66 valence electrons. The van der Waals surface area contributed by atoms with Crippen LogP contribution in [-0.4, -0.2) is 9.55 Å². The Morgan fingerprint density at radius 3 is 2.92 bits per heavy atom. The normalized spacial score (nSPS) is 18.8. The van der Waals surface area contributed by atoms with Crippen molar-refractivity contribution in [2.45, 2.75) is 45.1 Å². The summed E-state index contributed by atoms with van der Waals surface area (Å²) in [5, 5.41) is 0. The van der Waals surface area contributed by atoms with Crippen molar-refractivity contribution in [1.82, 2.24) is 9.55 Å². The summed E-state index contributed by atoms with van der Waals surface area (Å²) >= 11 is 0. The molecule has 1 fully saturated rings. The quantitative estimate of drug-likeness (QED) is 0.657. The third kappa shape index (κ3) is 1.26. The molecule has 0 unspecified atom stereocenters. The van der Waals surface area contributed by atoms with E-state index in [0.717, 1.165) is 12.5 Å². The molecule has 1 aliphatic carbocycles. The Morgan fingerprint density at radius 1 is 1.50 bits per heavy atom. The molecule has 0 amide bonds. The van der Waals surface area contributed by atoms with Crippen LogP contribution in [0.15, 0.2) is 12.4 Å². The fraction of sp³-hybridized carbons (Fsp3) is 0.700. The first kappa shape index (κ1) is 7.84. The minimum Gasteiger partial charge on any atom is -0.332 e. The number of nitrogens with zero attached hydrogens (tertiary/aromatic N) is 2. The Balaban J connectivity index is 2.19. The monoisotopic (exact) mass is 164 g/mol. The highest BCUT2D eigenvalue weighted by molar-refractivity contribution is 4.95. The molecule has 0 N–H and O–H groups in total. The summed E-state index contributed by atoms with van der Waals surface area (Å²) in [7, 11) is 0. The molecule has 1 aromatic rings. The van der Waals surface area contributed by atoms with Gasteiger partial charge in [-0.3, -0.25) is 0 Å². The lowest BCUT2D eigenvalue weighted by atomic mass is 10.2. The molecular formula is C10H16N2. The number of hydrogen-bond acceptors (Lipinski definition) is 1. The standard InChI is InChI=1S/C10H16N2/c1-2-10-11-7-8-12(10)9-5-3-4-6-9/h7-9H,2-6H2,1H3. The molecule has 0 saturated heterocycles. The number of aromatic nitrogens is 2. The van der Waals surface area contributed by atoms with Gasteiger partial charge in [0.2, 0.25) is 0 Å². The van der Waals surface area contributed by atoms with Crippen LogP contribution in [0.5, 0.6) is 0 Å². The Labute approximate surface area is 73.6 Å². The molecular weight excluding hydrogens is 148 g/mol. The summed E-state index contributed by atoms with van der Waals surface area (Å²) in [6, 6.07) is 0.752. The molecule has 1 aliphatic rings. The molecule has 12 heavy (non-hydrogen) atoms. The molecule has 1 saturated carbocycles. The second-order valence-corrected chi connectivity index (χ2v) is 3.54.